The minimum absolute atomic E-state index is 0.0875. The number of halogens is 1. The smallest absolute Gasteiger partial charge is 0.343 e. The molecule has 3 rings (SSSR count). The first kappa shape index (κ1) is 19.8. The van der Waals surface area contributed by atoms with E-state index in [0.29, 0.717) is 22.2 Å². The van der Waals surface area contributed by atoms with E-state index in [1.165, 1.54) is 7.11 Å². The van der Waals surface area contributed by atoms with Gasteiger partial charge in [0.1, 0.15) is 17.0 Å². The fraction of sp³-hybridized carbons (Fsp3) is 0.238. The zero-order valence-corrected chi connectivity index (χ0v) is 17.1. The monoisotopic (exact) mass is 400 g/mol. The van der Waals surface area contributed by atoms with Gasteiger partial charge < -0.3 is 19.1 Å². The van der Waals surface area contributed by atoms with Crippen LogP contribution in [0, 0.1) is 13.8 Å². The van der Waals surface area contributed by atoms with Crippen LogP contribution in [0.15, 0.2) is 46.3 Å². The van der Waals surface area contributed by atoms with E-state index < -0.39 is 5.97 Å². The van der Waals surface area contributed by atoms with Crippen LogP contribution >= 0.6 is 11.6 Å². The molecule has 1 aliphatic heterocycles. The van der Waals surface area contributed by atoms with Gasteiger partial charge in [0, 0.05) is 17.1 Å². The maximum absolute atomic E-state index is 11.9. The first-order valence-electron chi connectivity index (χ1n) is 8.60. The molecular formula is C21H21ClN2O4. The third-order valence-electron chi connectivity index (χ3n) is 4.67. The van der Waals surface area contributed by atoms with Crippen molar-refractivity contribution in [3.8, 4) is 11.4 Å². The number of rotatable bonds is 4. The van der Waals surface area contributed by atoms with Gasteiger partial charge in [-0.25, -0.2) is 9.79 Å². The Morgan fingerprint density at radius 3 is 2.54 bits per heavy atom. The van der Waals surface area contributed by atoms with E-state index in [0.717, 1.165) is 22.6 Å². The first-order valence-corrected chi connectivity index (χ1v) is 8.98. The fourth-order valence-electron chi connectivity index (χ4n) is 3.31. The number of aliphatic imine (C=N–C) groups is 1. The van der Waals surface area contributed by atoms with Gasteiger partial charge in [0.05, 0.1) is 25.0 Å². The molecule has 0 atom stereocenters. The maximum Gasteiger partial charge on any atom is 0.343 e. The van der Waals surface area contributed by atoms with Crippen LogP contribution in [0.3, 0.4) is 0 Å². The number of aryl methyl sites for hydroxylation is 1. The number of aliphatic hydroxyl groups excluding tert-OH is 1. The van der Waals surface area contributed by atoms with Crippen LogP contribution in [0.5, 0.6) is 5.75 Å². The van der Waals surface area contributed by atoms with Gasteiger partial charge in [-0.15, -0.1) is 0 Å². The molecule has 1 aliphatic rings. The SMILES string of the molecule is COC(=O)C1=C(O)/C(=C\c2cc(C)n(-c3ccc(OC)c(Cl)c3)c2C)N=C1C. The van der Waals surface area contributed by atoms with Gasteiger partial charge in [0.15, 0.2) is 5.76 Å². The number of hydrogen-bond acceptors (Lipinski definition) is 5. The topological polar surface area (TPSA) is 73.0 Å². The number of aromatic nitrogens is 1. The molecule has 2 heterocycles. The van der Waals surface area contributed by atoms with E-state index in [2.05, 4.69) is 4.99 Å². The Hall–Kier alpha value is -2.99. The summed E-state index contributed by atoms with van der Waals surface area (Å²) >= 11 is 6.27. The second-order valence-electron chi connectivity index (χ2n) is 6.42. The summed E-state index contributed by atoms with van der Waals surface area (Å²) in [7, 11) is 2.84. The van der Waals surface area contributed by atoms with Crippen molar-refractivity contribution < 1.29 is 19.4 Å². The summed E-state index contributed by atoms with van der Waals surface area (Å²) in [6, 6.07) is 7.55. The maximum atomic E-state index is 11.9. The zero-order valence-electron chi connectivity index (χ0n) is 16.3. The summed E-state index contributed by atoms with van der Waals surface area (Å²) in [5.41, 5.74) is 4.53. The Bertz CT molecular complexity index is 1060. The summed E-state index contributed by atoms with van der Waals surface area (Å²) in [4.78, 5) is 16.2. The van der Waals surface area contributed by atoms with Crippen molar-refractivity contribution in [2.24, 2.45) is 4.99 Å². The number of carbonyl (C=O) groups is 1. The molecule has 0 fully saturated rings. The van der Waals surface area contributed by atoms with Crippen LogP contribution in [0.4, 0.5) is 0 Å². The number of benzene rings is 1. The summed E-state index contributed by atoms with van der Waals surface area (Å²) in [5.74, 6) is -0.182. The van der Waals surface area contributed by atoms with Crippen molar-refractivity contribution in [2.45, 2.75) is 20.8 Å². The molecule has 0 spiro atoms. The summed E-state index contributed by atoms with van der Waals surface area (Å²) in [6.07, 6.45) is 1.75. The van der Waals surface area contributed by atoms with Crippen molar-refractivity contribution >= 4 is 29.4 Å². The lowest BCUT2D eigenvalue weighted by Gasteiger charge is -2.12. The number of esters is 1. The van der Waals surface area contributed by atoms with Crippen molar-refractivity contribution in [2.75, 3.05) is 14.2 Å². The van der Waals surface area contributed by atoms with Crippen LogP contribution in [-0.4, -0.2) is 35.6 Å². The Kier molecular flexibility index (Phi) is 5.34. The Morgan fingerprint density at radius 1 is 1.21 bits per heavy atom. The van der Waals surface area contributed by atoms with E-state index in [1.807, 2.05) is 42.7 Å². The predicted molar refractivity (Wildman–Crippen MR) is 110 cm³/mol. The molecule has 7 heteroatoms. The van der Waals surface area contributed by atoms with Gasteiger partial charge >= 0.3 is 5.97 Å². The van der Waals surface area contributed by atoms with E-state index in [-0.39, 0.29) is 11.3 Å². The van der Waals surface area contributed by atoms with E-state index in [4.69, 9.17) is 21.1 Å². The lowest BCUT2D eigenvalue weighted by molar-refractivity contribution is -0.135. The summed E-state index contributed by atoms with van der Waals surface area (Å²) in [6.45, 7) is 5.60. The van der Waals surface area contributed by atoms with Crippen LogP contribution in [0.2, 0.25) is 5.02 Å². The number of aliphatic hydroxyl groups is 1. The van der Waals surface area contributed by atoms with Gasteiger partial charge in [-0.1, -0.05) is 11.6 Å². The molecule has 0 bridgehead atoms. The van der Waals surface area contributed by atoms with Gasteiger partial charge in [0.25, 0.3) is 0 Å². The van der Waals surface area contributed by atoms with Gasteiger partial charge in [-0.05, 0) is 56.7 Å². The molecule has 0 saturated heterocycles. The fourth-order valence-corrected chi connectivity index (χ4v) is 3.56. The first-order chi connectivity index (χ1) is 13.3. The molecule has 0 amide bonds. The second kappa shape index (κ2) is 7.56. The third-order valence-corrected chi connectivity index (χ3v) is 4.97. The van der Waals surface area contributed by atoms with Crippen LogP contribution in [-0.2, 0) is 9.53 Å². The molecule has 0 unspecified atom stereocenters. The molecule has 2 aromatic rings. The highest BCUT2D eigenvalue weighted by molar-refractivity contribution is 6.32. The Labute approximate surface area is 168 Å². The molecule has 0 radical (unpaired) electrons. The van der Waals surface area contributed by atoms with Crippen LogP contribution < -0.4 is 4.74 Å². The third kappa shape index (κ3) is 3.31. The Morgan fingerprint density at radius 2 is 1.93 bits per heavy atom. The minimum Gasteiger partial charge on any atom is -0.505 e. The average molecular weight is 401 g/mol. The number of methoxy groups -OCH3 is 2. The lowest BCUT2D eigenvalue weighted by Crippen LogP contribution is -2.11. The molecular weight excluding hydrogens is 380 g/mol. The van der Waals surface area contributed by atoms with E-state index in [9.17, 15) is 9.90 Å². The summed E-state index contributed by atoms with van der Waals surface area (Å²) in [5, 5.41) is 10.9. The Balaban J connectivity index is 2.06. The number of nitrogens with zero attached hydrogens (tertiary/aromatic N) is 2. The number of ether oxygens (including phenoxy) is 2. The molecule has 6 nitrogen and oxygen atoms in total. The normalized spacial score (nSPS) is 15.2. The van der Waals surface area contributed by atoms with Crippen molar-refractivity contribution in [1.82, 2.24) is 4.57 Å². The molecule has 146 valence electrons. The van der Waals surface area contributed by atoms with Gasteiger partial charge in [0.2, 0.25) is 0 Å². The van der Waals surface area contributed by atoms with Crippen molar-refractivity contribution in [1.29, 1.82) is 0 Å². The molecule has 28 heavy (non-hydrogen) atoms. The molecule has 1 aromatic carbocycles. The largest absolute Gasteiger partial charge is 0.505 e. The van der Waals surface area contributed by atoms with Crippen molar-refractivity contribution in [3.05, 3.63) is 63.3 Å². The van der Waals surface area contributed by atoms with Gasteiger partial charge in [-0.2, -0.15) is 0 Å². The average Bonchev–Trinajstić information content (AvgIpc) is 3.09. The quantitative estimate of drug-likeness (QED) is 0.764. The highest BCUT2D eigenvalue weighted by atomic mass is 35.5. The highest BCUT2D eigenvalue weighted by Gasteiger charge is 2.27. The van der Waals surface area contributed by atoms with E-state index >= 15 is 0 Å². The number of carbonyl (C=O) groups excluding carboxylic acids is 1. The second-order valence-corrected chi connectivity index (χ2v) is 6.83. The van der Waals surface area contributed by atoms with Crippen LogP contribution in [0.25, 0.3) is 11.8 Å². The molecule has 1 N–H and O–H groups in total. The predicted octanol–water partition coefficient (Wildman–Crippen LogP) is 4.56. The molecule has 0 aliphatic carbocycles. The molecule has 0 saturated carbocycles. The van der Waals surface area contributed by atoms with Crippen molar-refractivity contribution in [3.63, 3.8) is 0 Å². The molecule has 1 aromatic heterocycles. The van der Waals surface area contributed by atoms with E-state index in [1.54, 1.807) is 20.1 Å². The summed E-state index contributed by atoms with van der Waals surface area (Å²) < 4.78 is 12.0. The number of hydrogen-bond donors (Lipinski definition) is 1. The standard InChI is InChI=1S/C21H21ClN2O4/c1-11-8-14(9-17-20(25)19(12(2)23-17)21(26)28-5)13(3)24(11)15-6-7-18(27-4)16(22)10-15/h6-10,25H,1-5H3/b17-9+. The van der Waals surface area contributed by atoms with Gasteiger partial charge in [-0.3, -0.25) is 0 Å². The highest BCUT2D eigenvalue weighted by Crippen LogP contribution is 2.31. The minimum atomic E-state index is -0.611. The lowest BCUT2D eigenvalue weighted by atomic mass is 10.1. The zero-order chi connectivity index (χ0) is 20.6. The van der Waals surface area contributed by atoms with Crippen LogP contribution in [0.1, 0.15) is 23.9 Å².